The van der Waals surface area contributed by atoms with Crippen molar-refractivity contribution in [3.63, 3.8) is 0 Å². The first-order chi connectivity index (χ1) is 9.76. The number of rotatable bonds is 3. The van der Waals surface area contributed by atoms with Crippen molar-refractivity contribution in [3.8, 4) is 11.8 Å². The third-order valence-electron chi connectivity index (χ3n) is 2.33. The molecule has 0 unspecified atom stereocenters. The van der Waals surface area contributed by atoms with Crippen molar-refractivity contribution in [3.05, 3.63) is 35.4 Å². The Morgan fingerprint density at radius 1 is 1.29 bits per heavy atom. The van der Waals surface area contributed by atoms with E-state index in [4.69, 9.17) is 4.74 Å². The minimum absolute atomic E-state index is 0.117. The number of alkyl carbamates (subject to hydrolysis) is 1. The van der Waals surface area contributed by atoms with Gasteiger partial charge in [-0.15, -0.1) is 0 Å². The Morgan fingerprint density at radius 3 is 2.62 bits per heavy atom. The van der Waals surface area contributed by atoms with Crippen LogP contribution in [-0.4, -0.2) is 24.0 Å². The van der Waals surface area contributed by atoms with Crippen LogP contribution in [0.5, 0.6) is 0 Å². The molecule has 0 aliphatic rings. The second-order valence-corrected chi connectivity index (χ2v) is 5.74. The predicted octanol–water partition coefficient (Wildman–Crippen LogP) is 2.69. The lowest BCUT2D eigenvalue weighted by Gasteiger charge is -2.18. The molecule has 0 fully saturated rings. The normalized spacial score (nSPS) is 10.3. The number of Topliss-reactive ketones (excluding diaryl/α,β-unsaturated/α-hetero) is 1. The van der Waals surface area contributed by atoms with Crippen LogP contribution in [0.3, 0.4) is 0 Å². The zero-order chi connectivity index (χ0) is 15.9. The van der Waals surface area contributed by atoms with E-state index in [9.17, 15) is 9.59 Å². The van der Waals surface area contributed by atoms with Gasteiger partial charge in [0.2, 0.25) is 0 Å². The largest absolute Gasteiger partial charge is 0.444 e. The second kappa shape index (κ2) is 7.49. The Morgan fingerprint density at radius 2 is 2.00 bits per heavy atom. The summed E-state index contributed by atoms with van der Waals surface area (Å²) in [6, 6.07) is 7.50. The smallest absolute Gasteiger partial charge is 0.408 e. The van der Waals surface area contributed by atoms with E-state index in [1.54, 1.807) is 27.7 Å². The molecule has 0 radical (unpaired) electrons. The van der Waals surface area contributed by atoms with Gasteiger partial charge in [0.25, 0.3) is 0 Å². The molecule has 21 heavy (non-hydrogen) atoms. The maximum Gasteiger partial charge on any atom is 0.408 e. The molecule has 0 saturated carbocycles. The molecule has 1 aromatic rings. The van der Waals surface area contributed by atoms with E-state index in [1.165, 1.54) is 0 Å². The number of nitrogens with one attached hydrogen (secondary N) is 1. The van der Waals surface area contributed by atoms with E-state index in [1.807, 2.05) is 24.3 Å². The molecule has 1 N–H and O–H groups in total. The number of hydrogen-bond acceptors (Lipinski definition) is 3. The lowest BCUT2D eigenvalue weighted by Crippen LogP contribution is -2.32. The van der Waals surface area contributed by atoms with Crippen LogP contribution in [-0.2, 0) is 16.0 Å². The second-order valence-electron chi connectivity index (χ2n) is 5.74. The van der Waals surface area contributed by atoms with Gasteiger partial charge < -0.3 is 10.1 Å². The number of benzene rings is 1. The van der Waals surface area contributed by atoms with Gasteiger partial charge in [-0.3, -0.25) is 4.79 Å². The van der Waals surface area contributed by atoms with Gasteiger partial charge in [-0.2, -0.15) is 0 Å². The van der Waals surface area contributed by atoms with Crippen LogP contribution < -0.4 is 5.32 Å². The summed E-state index contributed by atoms with van der Waals surface area (Å²) in [6.45, 7) is 7.19. The van der Waals surface area contributed by atoms with Gasteiger partial charge in [-0.25, -0.2) is 4.79 Å². The van der Waals surface area contributed by atoms with Crippen molar-refractivity contribution in [1.82, 2.24) is 5.32 Å². The van der Waals surface area contributed by atoms with Crippen LogP contribution in [0.1, 0.15) is 38.8 Å². The summed E-state index contributed by atoms with van der Waals surface area (Å²) in [6.07, 6.45) is -0.0757. The summed E-state index contributed by atoms with van der Waals surface area (Å²) in [4.78, 5) is 22.5. The summed E-state index contributed by atoms with van der Waals surface area (Å²) in [5.74, 6) is 5.91. The number of ether oxygens (including phenoxy) is 1. The highest BCUT2D eigenvalue weighted by Gasteiger charge is 2.14. The van der Waals surface area contributed by atoms with Gasteiger partial charge in [0.05, 0.1) is 6.54 Å². The molecule has 0 atom stereocenters. The molecule has 0 aromatic heterocycles. The van der Waals surface area contributed by atoms with Crippen LogP contribution in [0.15, 0.2) is 24.3 Å². The first-order valence-electron chi connectivity index (χ1n) is 6.80. The van der Waals surface area contributed by atoms with E-state index in [-0.39, 0.29) is 12.3 Å². The lowest BCUT2D eigenvalue weighted by atomic mass is 10.1. The van der Waals surface area contributed by atoms with Crippen molar-refractivity contribution in [1.29, 1.82) is 0 Å². The molecular formula is C17H21NO3. The maximum absolute atomic E-state index is 11.4. The molecule has 112 valence electrons. The van der Waals surface area contributed by atoms with Crippen molar-refractivity contribution in [2.75, 3.05) is 6.54 Å². The molecule has 4 nitrogen and oxygen atoms in total. The minimum Gasteiger partial charge on any atom is -0.444 e. The van der Waals surface area contributed by atoms with Crippen LogP contribution >= 0.6 is 0 Å². The lowest BCUT2D eigenvalue weighted by molar-refractivity contribution is -0.116. The summed E-state index contributed by atoms with van der Waals surface area (Å²) >= 11 is 0. The van der Waals surface area contributed by atoms with Gasteiger partial charge in [0, 0.05) is 12.0 Å². The monoisotopic (exact) mass is 287 g/mol. The molecule has 4 heteroatoms. The third kappa shape index (κ3) is 7.78. The number of amides is 1. The fourth-order valence-corrected chi connectivity index (χ4v) is 1.62. The Kier molecular flexibility index (Phi) is 5.98. The van der Waals surface area contributed by atoms with Crippen molar-refractivity contribution in [2.24, 2.45) is 0 Å². The van der Waals surface area contributed by atoms with Crippen LogP contribution in [0, 0.1) is 11.8 Å². The highest BCUT2D eigenvalue weighted by Crippen LogP contribution is 2.06. The van der Waals surface area contributed by atoms with E-state index in [2.05, 4.69) is 17.2 Å². The van der Waals surface area contributed by atoms with Crippen molar-refractivity contribution < 1.29 is 14.3 Å². The zero-order valence-electron chi connectivity index (χ0n) is 12.9. The van der Waals surface area contributed by atoms with Crippen molar-refractivity contribution in [2.45, 2.75) is 39.7 Å². The molecule has 1 aromatic carbocycles. The SMILES string of the molecule is CC(=O)Cc1cccc(C#CCNC(=O)OC(C)(C)C)c1. The molecule has 1 rings (SSSR count). The Balaban J connectivity index is 2.52. The molecular weight excluding hydrogens is 266 g/mol. The standard InChI is InChI=1S/C17H21NO3/c1-13(19)11-15-8-5-7-14(12-15)9-6-10-18-16(20)21-17(2,3)4/h5,7-8,12H,10-11H2,1-4H3,(H,18,20). The Bertz CT molecular complexity index is 574. The molecule has 0 bridgehead atoms. The predicted molar refractivity (Wildman–Crippen MR) is 81.9 cm³/mol. The molecule has 0 heterocycles. The molecule has 0 saturated heterocycles. The van der Waals surface area contributed by atoms with Gasteiger partial charge in [-0.1, -0.05) is 24.0 Å². The number of carbonyl (C=O) groups excluding carboxylic acids is 2. The van der Waals surface area contributed by atoms with Crippen LogP contribution in [0.25, 0.3) is 0 Å². The van der Waals surface area contributed by atoms with E-state index in [0.29, 0.717) is 6.42 Å². The average molecular weight is 287 g/mol. The van der Waals surface area contributed by atoms with E-state index in [0.717, 1.165) is 11.1 Å². The highest BCUT2D eigenvalue weighted by atomic mass is 16.6. The molecule has 0 aliphatic heterocycles. The third-order valence-corrected chi connectivity index (χ3v) is 2.33. The number of hydrogen-bond donors (Lipinski definition) is 1. The average Bonchev–Trinajstić information content (AvgIpc) is 2.32. The quantitative estimate of drug-likeness (QED) is 0.870. The summed E-state index contributed by atoms with van der Waals surface area (Å²) in [5, 5.41) is 2.57. The first-order valence-corrected chi connectivity index (χ1v) is 6.80. The molecule has 0 aliphatic carbocycles. The molecule has 1 amide bonds. The Labute approximate surface area is 125 Å². The maximum atomic E-state index is 11.4. The van der Waals surface area contributed by atoms with Gasteiger partial charge >= 0.3 is 6.09 Å². The first kappa shape index (κ1) is 16.8. The number of ketones is 1. The fourth-order valence-electron chi connectivity index (χ4n) is 1.62. The minimum atomic E-state index is -0.515. The molecule has 0 spiro atoms. The summed E-state index contributed by atoms with van der Waals surface area (Å²) < 4.78 is 5.10. The summed E-state index contributed by atoms with van der Waals surface area (Å²) in [5.41, 5.74) is 1.24. The van der Waals surface area contributed by atoms with Crippen LogP contribution in [0.4, 0.5) is 4.79 Å². The van der Waals surface area contributed by atoms with Crippen LogP contribution in [0.2, 0.25) is 0 Å². The Hall–Kier alpha value is -2.28. The topological polar surface area (TPSA) is 55.4 Å². The van der Waals surface area contributed by atoms with Gasteiger partial charge in [-0.05, 0) is 45.4 Å². The van der Waals surface area contributed by atoms with Gasteiger partial charge in [0.15, 0.2) is 0 Å². The van der Waals surface area contributed by atoms with E-state index >= 15 is 0 Å². The summed E-state index contributed by atoms with van der Waals surface area (Å²) in [7, 11) is 0. The highest BCUT2D eigenvalue weighted by molar-refractivity contribution is 5.78. The van der Waals surface area contributed by atoms with Crippen molar-refractivity contribution >= 4 is 11.9 Å². The van der Waals surface area contributed by atoms with E-state index < -0.39 is 11.7 Å². The zero-order valence-corrected chi connectivity index (χ0v) is 12.9. The fraction of sp³-hybridized carbons (Fsp3) is 0.412. The van der Waals surface area contributed by atoms with Gasteiger partial charge in [0.1, 0.15) is 11.4 Å². The number of carbonyl (C=O) groups is 2.